The minimum atomic E-state index is 0. The van der Waals surface area contributed by atoms with E-state index < -0.39 is 0 Å². The van der Waals surface area contributed by atoms with E-state index in [4.69, 9.17) is 4.74 Å². The quantitative estimate of drug-likeness (QED) is 0.787. The number of fused-ring (bicyclic) bond motifs is 3. The number of benzene rings is 1. The van der Waals surface area contributed by atoms with Crippen LogP contribution in [0.25, 0.3) is 10.9 Å². The van der Waals surface area contributed by atoms with Gasteiger partial charge in [0.15, 0.2) is 0 Å². The van der Waals surface area contributed by atoms with Gasteiger partial charge in [0, 0.05) is 27.8 Å². The first kappa shape index (κ1) is 12.5. The Hall–Kier alpha value is -0.930. The number of hydrogen-bond donors (Lipinski definition) is 0. The molecular weight excluding hydrogens is 254 g/mol. The average Bonchev–Trinajstić information content (AvgIpc) is 2.69. The number of aromatic nitrogens is 1. The molecular formula is C13H14ClNOS. The molecule has 2 heterocycles. The van der Waals surface area contributed by atoms with Crippen molar-refractivity contribution < 1.29 is 4.74 Å². The maximum absolute atomic E-state index is 5.22. The summed E-state index contributed by atoms with van der Waals surface area (Å²) in [5.41, 5.74) is 2.41. The van der Waals surface area contributed by atoms with Crippen LogP contribution in [0.3, 0.4) is 0 Å². The van der Waals surface area contributed by atoms with Crippen molar-refractivity contribution in [3.8, 4) is 5.75 Å². The summed E-state index contributed by atoms with van der Waals surface area (Å²) < 4.78 is 5.22. The van der Waals surface area contributed by atoms with Crippen molar-refractivity contribution in [3.63, 3.8) is 0 Å². The van der Waals surface area contributed by atoms with Crippen molar-refractivity contribution in [2.45, 2.75) is 23.5 Å². The Morgan fingerprint density at radius 3 is 3.00 bits per heavy atom. The van der Waals surface area contributed by atoms with E-state index in [1.54, 1.807) is 7.11 Å². The third-order valence-corrected chi connectivity index (χ3v) is 4.21. The molecule has 1 aliphatic heterocycles. The standard InChI is InChI=1S/C13H13NOS.ClH/c1-8-5-9-7-14-12-6-10(15-2)3-4-11(12)13(9)16-8;/h3-4,6-8H,5H2,1-2H3;1H. The van der Waals surface area contributed by atoms with Gasteiger partial charge in [-0.3, -0.25) is 4.98 Å². The Morgan fingerprint density at radius 2 is 2.24 bits per heavy atom. The maximum Gasteiger partial charge on any atom is 0.121 e. The van der Waals surface area contributed by atoms with Gasteiger partial charge in [0.25, 0.3) is 0 Å². The molecule has 0 aliphatic carbocycles. The first-order valence-electron chi connectivity index (χ1n) is 5.40. The molecule has 0 spiro atoms. The molecule has 3 rings (SSSR count). The summed E-state index contributed by atoms with van der Waals surface area (Å²) in [6.07, 6.45) is 3.14. The summed E-state index contributed by atoms with van der Waals surface area (Å²) in [6, 6.07) is 6.12. The fraction of sp³-hybridized carbons (Fsp3) is 0.308. The van der Waals surface area contributed by atoms with Crippen LogP contribution in [0.1, 0.15) is 12.5 Å². The minimum Gasteiger partial charge on any atom is -0.497 e. The van der Waals surface area contributed by atoms with Crippen LogP contribution in [0.5, 0.6) is 5.75 Å². The smallest absolute Gasteiger partial charge is 0.121 e. The highest BCUT2D eigenvalue weighted by Gasteiger charge is 2.21. The second-order valence-electron chi connectivity index (χ2n) is 4.13. The summed E-state index contributed by atoms with van der Waals surface area (Å²) in [7, 11) is 1.69. The summed E-state index contributed by atoms with van der Waals surface area (Å²) in [5.74, 6) is 0.871. The first-order valence-corrected chi connectivity index (χ1v) is 6.28. The van der Waals surface area contributed by atoms with Crippen molar-refractivity contribution in [1.82, 2.24) is 4.98 Å². The third kappa shape index (κ3) is 2.09. The SMILES string of the molecule is COc1ccc2c3c(cnc2c1)CC(C)S3.Cl. The van der Waals surface area contributed by atoms with E-state index in [2.05, 4.69) is 18.0 Å². The molecule has 2 aromatic rings. The zero-order valence-corrected chi connectivity index (χ0v) is 11.4. The number of pyridine rings is 1. The molecule has 0 amide bonds. The van der Waals surface area contributed by atoms with E-state index in [9.17, 15) is 0 Å². The predicted molar refractivity (Wildman–Crippen MR) is 74.6 cm³/mol. The summed E-state index contributed by atoms with van der Waals surface area (Å²) in [4.78, 5) is 5.91. The van der Waals surface area contributed by atoms with Crippen LogP contribution in [0.4, 0.5) is 0 Å². The maximum atomic E-state index is 5.22. The van der Waals surface area contributed by atoms with Crippen molar-refractivity contribution in [3.05, 3.63) is 30.0 Å². The van der Waals surface area contributed by atoms with Crippen molar-refractivity contribution in [1.29, 1.82) is 0 Å². The summed E-state index contributed by atoms with van der Waals surface area (Å²) >= 11 is 1.95. The number of thioether (sulfide) groups is 1. The largest absolute Gasteiger partial charge is 0.497 e. The third-order valence-electron chi connectivity index (χ3n) is 2.93. The number of nitrogens with zero attached hydrogens (tertiary/aromatic N) is 1. The van der Waals surface area contributed by atoms with Crippen molar-refractivity contribution in [2.24, 2.45) is 0 Å². The molecule has 2 nitrogen and oxygen atoms in total. The molecule has 0 saturated heterocycles. The molecule has 90 valence electrons. The highest BCUT2D eigenvalue weighted by molar-refractivity contribution is 8.00. The van der Waals surface area contributed by atoms with E-state index in [-0.39, 0.29) is 12.4 Å². The second kappa shape index (κ2) is 4.75. The molecule has 1 aliphatic rings. The van der Waals surface area contributed by atoms with E-state index >= 15 is 0 Å². The zero-order chi connectivity index (χ0) is 11.1. The molecule has 17 heavy (non-hydrogen) atoms. The molecule has 1 aromatic heterocycles. The van der Waals surface area contributed by atoms with Gasteiger partial charge in [-0.25, -0.2) is 0 Å². The van der Waals surface area contributed by atoms with Crippen LogP contribution in [0.15, 0.2) is 29.3 Å². The predicted octanol–water partition coefficient (Wildman–Crippen LogP) is 3.70. The molecule has 1 unspecified atom stereocenters. The van der Waals surface area contributed by atoms with E-state index in [1.807, 2.05) is 30.1 Å². The van der Waals surface area contributed by atoms with Crippen molar-refractivity contribution >= 4 is 35.1 Å². The number of ether oxygens (including phenoxy) is 1. The van der Waals surface area contributed by atoms with E-state index in [0.29, 0.717) is 5.25 Å². The van der Waals surface area contributed by atoms with Crippen molar-refractivity contribution in [2.75, 3.05) is 7.11 Å². The van der Waals surface area contributed by atoms with Gasteiger partial charge in [-0.05, 0) is 24.1 Å². The summed E-state index contributed by atoms with van der Waals surface area (Å²) in [5, 5.41) is 1.93. The van der Waals surface area contributed by atoms with Crippen LogP contribution in [-0.2, 0) is 6.42 Å². The molecule has 0 bridgehead atoms. The van der Waals surface area contributed by atoms with Gasteiger partial charge in [-0.15, -0.1) is 24.2 Å². The monoisotopic (exact) mass is 267 g/mol. The number of hydrogen-bond acceptors (Lipinski definition) is 3. The topological polar surface area (TPSA) is 22.1 Å². The highest BCUT2D eigenvalue weighted by atomic mass is 35.5. The van der Waals surface area contributed by atoms with Crippen LogP contribution >= 0.6 is 24.2 Å². The molecule has 1 atom stereocenters. The lowest BCUT2D eigenvalue weighted by atomic mass is 10.1. The van der Waals surface area contributed by atoms with Gasteiger partial charge in [0.05, 0.1) is 12.6 Å². The molecule has 4 heteroatoms. The Bertz CT molecular complexity index is 558. The van der Waals surface area contributed by atoms with Gasteiger partial charge in [0.1, 0.15) is 5.75 Å². The Labute approximate surface area is 111 Å². The zero-order valence-electron chi connectivity index (χ0n) is 9.77. The van der Waals surface area contributed by atoms with Crippen LogP contribution in [0.2, 0.25) is 0 Å². The van der Waals surface area contributed by atoms with Gasteiger partial charge in [-0.1, -0.05) is 6.92 Å². The molecule has 0 N–H and O–H groups in total. The normalized spacial score (nSPS) is 17.6. The fourth-order valence-electron chi connectivity index (χ4n) is 2.15. The Morgan fingerprint density at radius 1 is 1.41 bits per heavy atom. The average molecular weight is 268 g/mol. The van der Waals surface area contributed by atoms with E-state index in [1.165, 1.54) is 15.8 Å². The van der Waals surface area contributed by atoms with Gasteiger partial charge < -0.3 is 4.74 Å². The van der Waals surface area contributed by atoms with Gasteiger partial charge >= 0.3 is 0 Å². The van der Waals surface area contributed by atoms with Crippen LogP contribution < -0.4 is 4.74 Å². The molecule has 0 saturated carbocycles. The minimum absolute atomic E-state index is 0. The first-order chi connectivity index (χ1) is 7.78. The lowest BCUT2D eigenvalue weighted by molar-refractivity contribution is 0.415. The Balaban J connectivity index is 0.00000108. The summed E-state index contributed by atoms with van der Waals surface area (Å²) in [6.45, 7) is 2.26. The highest BCUT2D eigenvalue weighted by Crippen LogP contribution is 2.41. The molecule has 1 aromatic carbocycles. The van der Waals surface area contributed by atoms with Gasteiger partial charge in [-0.2, -0.15) is 0 Å². The second-order valence-corrected chi connectivity index (χ2v) is 5.58. The van der Waals surface area contributed by atoms with Gasteiger partial charge in [0.2, 0.25) is 0 Å². The van der Waals surface area contributed by atoms with Crippen LogP contribution in [-0.4, -0.2) is 17.3 Å². The molecule has 0 radical (unpaired) electrons. The number of halogens is 1. The fourth-order valence-corrected chi connectivity index (χ4v) is 3.41. The lowest BCUT2D eigenvalue weighted by Gasteiger charge is -2.05. The number of rotatable bonds is 1. The number of methoxy groups -OCH3 is 1. The lowest BCUT2D eigenvalue weighted by Crippen LogP contribution is -1.91. The van der Waals surface area contributed by atoms with Crippen LogP contribution in [0, 0.1) is 0 Å². The Kier molecular flexibility index (Phi) is 3.50. The molecule has 0 fully saturated rings. The van der Waals surface area contributed by atoms with E-state index in [0.717, 1.165) is 17.7 Å².